The van der Waals surface area contributed by atoms with Gasteiger partial charge in [-0.25, -0.2) is 15.0 Å². The Bertz CT molecular complexity index is 3020. The van der Waals surface area contributed by atoms with Gasteiger partial charge in [0.15, 0.2) is 17.5 Å². The summed E-state index contributed by atoms with van der Waals surface area (Å²) in [6.07, 6.45) is 0. The first-order chi connectivity index (χ1) is 25.7. The van der Waals surface area contributed by atoms with Crippen molar-refractivity contribution in [1.29, 1.82) is 5.26 Å². The Hall–Kier alpha value is -7.36. The van der Waals surface area contributed by atoms with Gasteiger partial charge < -0.3 is 9.13 Å². The minimum atomic E-state index is 0.513. The lowest BCUT2D eigenvalue weighted by Gasteiger charge is -2.12. The van der Waals surface area contributed by atoms with Crippen molar-refractivity contribution in [3.05, 3.63) is 175 Å². The molecular formula is C46H28N6. The second-order valence-electron chi connectivity index (χ2n) is 12.8. The summed E-state index contributed by atoms with van der Waals surface area (Å²) in [5.74, 6) is 1.64. The molecule has 0 aliphatic heterocycles. The second-order valence-corrected chi connectivity index (χ2v) is 12.8. The molecule has 52 heavy (non-hydrogen) atoms. The van der Waals surface area contributed by atoms with Crippen LogP contribution in [0.15, 0.2) is 170 Å². The van der Waals surface area contributed by atoms with E-state index in [1.54, 1.807) is 6.07 Å². The Morgan fingerprint density at radius 3 is 1.69 bits per heavy atom. The van der Waals surface area contributed by atoms with Crippen LogP contribution in [-0.4, -0.2) is 24.1 Å². The van der Waals surface area contributed by atoms with Crippen molar-refractivity contribution in [2.45, 2.75) is 0 Å². The zero-order chi connectivity index (χ0) is 34.6. The lowest BCUT2D eigenvalue weighted by atomic mass is 10.1. The van der Waals surface area contributed by atoms with Crippen molar-refractivity contribution in [3.8, 4) is 51.6 Å². The van der Waals surface area contributed by atoms with Gasteiger partial charge >= 0.3 is 0 Å². The summed E-state index contributed by atoms with van der Waals surface area (Å²) in [7, 11) is 0. The third-order valence-corrected chi connectivity index (χ3v) is 9.76. The molecule has 0 saturated heterocycles. The highest BCUT2D eigenvalue weighted by Crippen LogP contribution is 2.42. The third kappa shape index (κ3) is 4.68. The van der Waals surface area contributed by atoms with E-state index in [0.717, 1.165) is 50.1 Å². The van der Waals surface area contributed by atoms with E-state index >= 15 is 0 Å². The number of fused-ring (bicyclic) bond motifs is 7. The molecule has 0 spiro atoms. The third-order valence-electron chi connectivity index (χ3n) is 9.76. The van der Waals surface area contributed by atoms with Crippen LogP contribution in [0.3, 0.4) is 0 Å². The molecule has 0 N–H and O–H groups in total. The van der Waals surface area contributed by atoms with Crippen LogP contribution < -0.4 is 0 Å². The highest BCUT2D eigenvalue weighted by Gasteiger charge is 2.21. The summed E-state index contributed by atoms with van der Waals surface area (Å²) in [4.78, 5) is 14.9. The van der Waals surface area contributed by atoms with Crippen molar-refractivity contribution in [2.75, 3.05) is 0 Å². The summed E-state index contributed by atoms with van der Waals surface area (Å²) in [5.41, 5.74) is 9.76. The zero-order valence-corrected chi connectivity index (χ0v) is 27.8. The van der Waals surface area contributed by atoms with Crippen LogP contribution in [0.2, 0.25) is 0 Å². The molecule has 0 radical (unpaired) electrons. The van der Waals surface area contributed by atoms with Gasteiger partial charge in [-0.15, -0.1) is 0 Å². The van der Waals surface area contributed by atoms with E-state index in [1.165, 1.54) is 21.5 Å². The summed E-state index contributed by atoms with van der Waals surface area (Å²) >= 11 is 0. The number of hydrogen-bond donors (Lipinski definition) is 0. The van der Waals surface area contributed by atoms with Gasteiger partial charge in [0, 0.05) is 49.6 Å². The lowest BCUT2D eigenvalue weighted by Crippen LogP contribution is -2.01. The van der Waals surface area contributed by atoms with Crippen LogP contribution in [0.1, 0.15) is 5.56 Å². The van der Waals surface area contributed by atoms with Gasteiger partial charge in [-0.3, -0.25) is 0 Å². The molecule has 0 amide bonds. The molecule has 10 aromatic rings. The molecule has 0 unspecified atom stereocenters. The van der Waals surface area contributed by atoms with Crippen LogP contribution in [0, 0.1) is 11.3 Å². The molecule has 242 valence electrons. The molecule has 7 aromatic carbocycles. The molecule has 0 saturated carbocycles. The van der Waals surface area contributed by atoms with E-state index in [4.69, 9.17) is 15.0 Å². The molecule has 6 heteroatoms. The Morgan fingerprint density at radius 2 is 0.962 bits per heavy atom. The minimum Gasteiger partial charge on any atom is -0.309 e. The lowest BCUT2D eigenvalue weighted by molar-refractivity contribution is 1.07. The quantitative estimate of drug-likeness (QED) is 0.184. The number of nitrogens with zero attached hydrogens (tertiary/aromatic N) is 6. The fourth-order valence-electron chi connectivity index (χ4n) is 7.49. The molecule has 0 aliphatic rings. The summed E-state index contributed by atoms with van der Waals surface area (Å²) in [6.45, 7) is 0. The average molecular weight is 665 g/mol. The number of hydrogen-bond acceptors (Lipinski definition) is 4. The summed E-state index contributed by atoms with van der Waals surface area (Å²) in [5, 5.41) is 14.4. The van der Waals surface area contributed by atoms with Crippen molar-refractivity contribution in [3.63, 3.8) is 0 Å². The molecule has 0 aliphatic carbocycles. The molecular weight excluding hydrogens is 637 g/mol. The van der Waals surface area contributed by atoms with E-state index < -0.39 is 0 Å². The van der Waals surface area contributed by atoms with Crippen molar-refractivity contribution < 1.29 is 0 Å². The zero-order valence-electron chi connectivity index (χ0n) is 27.8. The number of nitriles is 1. The summed E-state index contributed by atoms with van der Waals surface area (Å²) < 4.78 is 4.75. The first-order valence-electron chi connectivity index (χ1n) is 17.2. The highest BCUT2D eigenvalue weighted by molar-refractivity contribution is 6.26. The van der Waals surface area contributed by atoms with Crippen LogP contribution in [0.4, 0.5) is 0 Å². The van der Waals surface area contributed by atoms with E-state index in [1.807, 2.05) is 54.6 Å². The van der Waals surface area contributed by atoms with Gasteiger partial charge in [0.25, 0.3) is 0 Å². The van der Waals surface area contributed by atoms with Gasteiger partial charge in [0.1, 0.15) is 0 Å². The van der Waals surface area contributed by atoms with Crippen LogP contribution in [0.5, 0.6) is 0 Å². The van der Waals surface area contributed by atoms with Crippen molar-refractivity contribution in [1.82, 2.24) is 24.1 Å². The van der Waals surface area contributed by atoms with Gasteiger partial charge in [-0.2, -0.15) is 5.26 Å². The molecule has 0 fully saturated rings. The van der Waals surface area contributed by atoms with E-state index in [0.29, 0.717) is 23.0 Å². The standard InChI is InChI=1S/C46H28N6/c47-29-30-13-11-16-32(27-30)45-48-44(31-14-3-1-4-15-31)49-46(50-45)33-17-12-20-35(28-33)52-39-23-9-7-21-36(39)37-25-26-41-42(43(37)52)38-22-8-10-24-40(38)51(41)34-18-5-2-6-19-34/h1-28H. The molecule has 0 bridgehead atoms. The van der Waals surface area contributed by atoms with Crippen LogP contribution in [0.25, 0.3) is 89.2 Å². The van der Waals surface area contributed by atoms with E-state index in [9.17, 15) is 5.26 Å². The largest absolute Gasteiger partial charge is 0.309 e. The molecule has 0 atom stereocenters. The van der Waals surface area contributed by atoms with E-state index in [2.05, 4.69) is 124 Å². The number of aromatic nitrogens is 5. The molecule has 3 aromatic heterocycles. The smallest absolute Gasteiger partial charge is 0.164 e. The first kappa shape index (κ1) is 29.5. The second kappa shape index (κ2) is 11.9. The normalized spacial score (nSPS) is 11.4. The van der Waals surface area contributed by atoms with Gasteiger partial charge in [0.05, 0.1) is 33.7 Å². The van der Waals surface area contributed by atoms with Crippen molar-refractivity contribution in [2.24, 2.45) is 0 Å². The highest BCUT2D eigenvalue weighted by atomic mass is 15.0. The first-order valence-corrected chi connectivity index (χ1v) is 17.2. The molecule has 6 nitrogen and oxygen atoms in total. The van der Waals surface area contributed by atoms with Crippen LogP contribution in [-0.2, 0) is 0 Å². The maximum atomic E-state index is 9.62. The van der Waals surface area contributed by atoms with E-state index in [-0.39, 0.29) is 0 Å². The predicted octanol–water partition coefficient (Wildman–Crippen LogP) is 10.9. The fourth-order valence-corrected chi connectivity index (χ4v) is 7.49. The SMILES string of the molecule is N#Cc1cccc(-c2nc(-c3ccccc3)nc(-c3cccc(-n4c5ccccc5c5ccc6c(c7ccccc7n6-c6ccccc6)c54)c3)n2)c1. The van der Waals surface area contributed by atoms with Gasteiger partial charge in [-0.1, -0.05) is 115 Å². The van der Waals surface area contributed by atoms with Gasteiger partial charge in [0.2, 0.25) is 0 Å². The Kier molecular flexibility index (Phi) is 6.76. The topological polar surface area (TPSA) is 72.3 Å². The van der Waals surface area contributed by atoms with Gasteiger partial charge in [-0.05, 0) is 54.6 Å². The minimum absolute atomic E-state index is 0.513. The number of rotatable bonds is 5. The average Bonchev–Trinajstić information content (AvgIpc) is 3.74. The molecule has 3 heterocycles. The predicted molar refractivity (Wildman–Crippen MR) is 210 cm³/mol. The Balaban J connectivity index is 1.24. The number of benzene rings is 7. The molecule has 10 rings (SSSR count). The monoisotopic (exact) mass is 664 g/mol. The fraction of sp³-hybridized carbons (Fsp3) is 0. The maximum absolute atomic E-state index is 9.62. The maximum Gasteiger partial charge on any atom is 0.164 e. The van der Waals surface area contributed by atoms with Crippen molar-refractivity contribution >= 4 is 43.6 Å². The van der Waals surface area contributed by atoms with Crippen LogP contribution >= 0.6 is 0 Å². The number of para-hydroxylation sites is 3. The Morgan fingerprint density at radius 1 is 0.404 bits per heavy atom. The summed E-state index contributed by atoms with van der Waals surface area (Å²) in [6, 6.07) is 60.4. The Labute approximate surface area is 299 Å².